The van der Waals surface area contributed by atoms with Crippen LogP contribution in [0.5, 0.6) is 5.75 Å². The number of hydrogen-bond donors (Lipinski definition) is 0. The average Bonchev–Trinajstić information content (AvgIpc) is 2.66. The number of ether oxygens (including phenoxy) is 1. The summed E-state index contributed by atoms with van der Waals surface area (Å²) < 4.78 is 5.79. The van der Waals surface area contributed by atoms with Gasteiger partial charge in [-0.05, 0) is 51.5 Å². The van der Waals surface area contributed by atoms with Crippen LogP contribution in [-0.4, -0.2) is 29.7 Å². The molecule has 1 aromatic rings. The highest BCUT2D eigenvalue weighted by Crippen LogP contribution is 2.37. The molecular formula is C14H9BrClNO3S. The second-order valence-corrected chi connectivity index (χ2v) is 6.24. The molecule has 1 heterocycles. The zero-order valence-corrected chi connectivity index (χ0v) is 14.0. The third-order valence-corrected chi connectivity index (χ3v) is 4.42. The van der Waals surface area contributed by atoms with Crippen LogP contribution in [0, 0.1) is 12.3 Å². The molecule has 4 nitrogen and oxygen atoms in total. The summed E-state index contributed by atoms with van der Waals surface area (Å²) in [4.78, 5) is 25.1. The molecule has 0 unspecified atom stereocenters. The van der Waals surface area contributed by atoms with Crippen molar-refractivity contribution < 1.29 is 14.3 Å². The molecule has 0 saturated carbocycles. The van der Waals surface area contributed by atoms with Crippen molar-refractivity contribution in [3.8, 4) is 18.1 Å². The fraction of sp³-hybridized carbons (Fsp3) is 0.143. The van der Waals surface area contributed by atoms with E-state index in [9.17, 15) is 9.59 Å². The topological polar surface area (TPSA) is 46.6 Å². The summed E-state index contributed by atoms with van der Waals surface area (Å²) in [6.45, 7) is -0.0327. The molecule has 0 N–H and O–H groups in total. The number of carbonyl (C=O) groups is 2. The van der Waals surface area contributed by atoms with Gasteiger partial charge in [-0.15, -0.1) is 6.42 Å². The van der Waals surface area contributed by atoms with Crippen LogP contribution in [0.1, 0.15) is 5.56 Å². The Hall–Kier alpha value is -1.42. The maximum atomic E-state index is 12.1. The van der Waals surface area contributed by atoms with Crippen LogP contribution in [0.15, 0.2) is 21.5 Å². The summed E-state index contributed by atoms with van der Waals surface area (Å²) in [7, 11) is 1.51. The first kappa shape index (κ1) is 16.0. The standard InChI is InChI=1S/C14H9BrClNO3S/c1-3-4-17-13(18)11(21-14(17)19)7-8-5-9(15)12(20-2)10(16)6-8/h1,5-7H,4H2,2H3. The number of carbonyl (C=O) groups excluding carboxylic acids is 2. The van der Waals surface area contributed by atoms with Crippen molar-refractivity contribution >= 4 is 56.5 Å². The van der Waals surface area contributed by atoms with Crippen LogP contribution in [0.3, 0.4) is 0 Å². The smallest absolute Gasteiger partial charge is 0.294 e. The highest BCUT2D eigenvalue weighted by molar-refractivity contribution is 9.10. The fourth-order valence-corrected chi connectivity index (χ4v) is 3.63. The Morgan fingerprint density at radius 1 is 1.52 bits per heavy atom. The first-order valence-corrected chi connectivity index (χ1v) is 7.68. The molecule has 0 aromatic heterocycles. The number of benzene rings is 1. The molecule has 0 atom stereocenters. The largest absolute Gasteiger partial charge is 0.494 e. The maximum absolute atomic E-state index is 12.1. The lowest BCUT2D eigenvalue weighted by Crippen LogP contribution is -2.28. The van der Waals surface area contributed by atoms with Crippen molar-refractivity contribution in [2.24, 2.45) is 0 Å². The highest BCUT2D eigenvalue weighted by Gasteiger charge is 2.34. The number of nitrogens with zero attached hydrogens (tertiary/aromatic N) is 1. The number of terminal acetylenes is 1. The predicted octanol–water partition coefficient (Wildman–Crippen LogP) is 3.78. The van der Waals surface area contributed by atoms with Gasteiger partial charge in [-0.3, -0.25) is 14.5 Å². The number of imide groups is 1. The lowest BCUT2D eigenvalue weighted by molar-refractivity contribution is -0.122. The van der Waals surface area contributed by atoms with Gasteiger partial charge in [0.05, 0.1) is 28.1 Å². The fourth-order valence-electron chi connectivity index (χ4n) is 1.74. The predicted molar refractivity (Wildman–Crippen MR) is 87.2 cm³/mol. The van der Waals surface area contributed by atoms with E-state index in [0.29, 0.717) is 25.7 Å². The van der Waals surface area contributed by atoms with Crippen LogP contribution >= 0.6 is 39.3 Å². The van der Waals surface area contributed by atoms with Crippen molar-refractivity contribution in [3.63, 3.8) is 0 Å². The van der Waals surface area contributed by atoms with E-state index in [1.807, 2.05) is 0 Å². The van der Waals surface area contributed by atoms with Crippen LogP contribution < -0.4 is 4.74 Å². The van der Waals surface area contributed by atoms with Crippen LogP contribution in [0.2, 0.25) is 5.02 Å². The molecule has 0 bridgehead atoms. The molecule has 1 aliphatic heterocycles. The third-order valence-electron chi connectivity index (χ3n) is 2.65. The summed E-state index contributed by atoms with van der Waals surface area (Å²) >= 11 is 10.3. The normalized spacial score (nSPS) is 16.5. The molecule has 2 amide bonds. The van der Waals surface area contributed by atoms with Gasteiger partial charge in [-0.1, -0.05) is 17.5 Å². The number of amides is 2. The zero-order chi connectivity index (χ0) is 15.6. The molecule has 0 aliphatic carbocycles. The van der Waals surface area contributed by atoms with E-state index in [4.69, 9.17) is 22.8 Å². The summed E-state index contributed by atoms with van der Waals surface area (Å²) in [6.07, 6.45) is 6.73. The first-order valence-electron chi connectivity index (χ1n) is 5.69. The average molecular weight is 387 g/mol. The molecule has 1 aromatic carbocycles. The van der Waals surface area contributed by atoms with Gasteiger partial charge >= 0.3 is 0 Å². The maximum Gasteiger partial charge on any atom is 0.294 e. The quantitative estimate of drug-likeness (QED) is 0.586. The van der Waals surface area contributed by atoms with Gasteiger partial charge in [0.25, 0.3) is 11.1 Å². The zero-order valence-electron chi connectivity index (χ0n) is 10.9. The van der Waals surface area contributed by atoms with Crippen LogP contribution in [0.25, 0.3) is 6.08 Å². The van der Waals surface area contributed by atoms with Gasteiger partial charge in [0.2, 0.25) is 0 Å². The molecule has 0 spiro atoms. The molecular weight excluding hydrogens is 378 g/mol. The summed E-state index contributed by atoms with van der Waals surface area (Å²) in [5.74, 6) is 2.40. The second-order valence-electron chi connectivity index (χ2n) is 3.99. The molecule has 1 fully saturated rings. The molecule has 1 saturated heterocycles. The monoisotopic (exact) mass is 385 g/mol. The van der Waals surface area contributed by atoms with E-state index in [-0.39, 0.29) is 11.8 Å². The highest BCUT2D eigenvalue weighted by atomic mass is 79.9. The first-order chi connectivity index (χ1) is 9.97. The number of rotatable bonds is 3. The lowest BCUT2D eigenvalue weighted by Gasteiger charge is -2.08. The number of hydrogen-bond acceptors (Lipinski definition) is 4. The van der Waals surface area contributed by atoms with E-state index < -0.39 is 5.91 Å². The minimum absolute atomic E-state index is 0.0327. The Balaban J connectivity index is 2.35. The van der Waals surface area contributed by atoms with Crippen molar-refractivity contribution in [1.82, 2.24) is 4.90 Å². The number of halogens is 2. The number of methoxy groups -OCH3 is 1. The summed E-state index contributed by atoms with van der Waals surface area (Å²) in [5, 5.41) is 0.0313. The third kappa shape index (κ3) is 3.26. The Kier molecular flexibility index (Phi) is 4.99. The van der Waals surface area contributed by atoms with E-state index in [0.717, 1.165) is 16.7 Å². The second kappa shape index (κ2) is 6.56. The minimum atomic E-state index is -0.397. The van der Waals surface area contributed by atoms with E-state index >= 15 is 0 Å². The Morgan fingerprint density at radius 3 is 2.81 bits per heavy atom. The molecule has 21 heavy (non-hydrogen) atoms. The molecule has 1 aliphatic rings. The van der Waals surface area contributed by atoms with E-state index in [1.54, 1.807) is 18.2 Å². The van der Waals surface area contributed by atoms with Crippen molar-refractivity contribution in [1.29, 1.82) is 0 Å². The summed E-state index contributed by atoms with van der Waals surface area (Å²) in [5.41, 5.74) is 0.680. The van der Waals surface area contributed by atoms with Crippen molar-refractivity contribution in [2.75, 3.05) is 13.7 Å². The van der Waals surface area contributed by atoms with E-state index in [2.05, 4.69) is 21.9 Å². The SMILES string of the molecule is C#CCN1C(=O)SC(=Cc2cc(Cl)c(OC)c(Br)c2)C1=O. The Labute approximate surface area is 139 Å². The van der Waals surface area contributed by atoms with Crippen molar-refractivity contribution in [3.05, 3.63) is 32.1 Å². The molecule has 0 radical (unpaired) electrons. The van der Waals surface area contributed by atoms with Gasteiger partial charge in [0.1, 0.15) is 0 Å². The van der Waals surface area contributed by atoms with Gasteiger partial charge in [0, 0.05) is 0 Å². The van der Waals surface area contributed by atoms with E-state index in [1.165, 1.54) is 7.11 Å². The van der Waals surface area contributed by atoms with Crippen LogP contribution in [-0.2, 0) is 4.79 Å². The van der Waals surface area contributed by atoms with Crippen molar-refractivity contribution in [2.45, 2.75) is 0 Å². The Morgan fingerprint density at radius 2 is 2.24 bits per heavy atom. The van der Waals surface area contributed by atoms with Crippen LogP contribution in [0.4, 0.5) is 4.79 Å². The van der Waals surface area contributed by atoms with Gasteiger partial charge < -0.3 is 4.74 Å². The van der Waals surface area contributed by atoms with Gasteiger partial charge in [-0.25, -0.2) is 0 Å². The molecule has 7 heteroatoms. The van der Waals surface area contributed by atoms with Gasteiger partial charge in [0.15, 0.2) is 5.75 Å². The lowest BCUT2D eigenvalue weighted by atomic mass is 10.2. The number of thioether (sulfide) groups is 1. The molecule has 108 valence electrons. The van der Waals surface area contributed by atoms with Gasteiger partial charge in [-0.2, -0.15) is 0 Å². The minimum Gasteiger partial charge on any atom is -0.494 e. The molecule has 2 rings (SSSR count). The Bertz CT molecular complexity index is 673. The summed E-state index contributed by atoms with van der Waals surface area (Å²) in [6, 6.07) is 3.40.